The van der Waals surface area contributed by atoms with E-state index in [1.807, 2.05) is 6.07 Å². The summed E-state index contributed by atoms with van der Waals surface area (Å²) in [6.45, 7) is 7.43. The SMILES string of the molecule is COc1cc2c(cc1OC)N(COCC[Si](C)(C)C)C(=O)[C@@H]1CC(c3ccco3)=CN1C2=O. The number of methoxy groups -OCH3 is 2. The van der Waals surface area contributed by atoms with E-state index in [2.05, 4.69) is 19.6 Å². The molecule has 0 fully saturated rings. The summed E-state index contributed by atoms with van der Waals surface area (Å²) in [6.07, 6.45) is 3.65. The van der Waals surface area contributed by atoms with Crippen molar-refractivity contribution in [2.24, 2.45) is 0 Å². The van der Waals surface area contributed by atoms with Crippen molar-refractivity contribution in [2.45, 2.75) is 38.1 Å². The van der Waals surface area contributed by atoms with E-state index in [4.69, 9.17) is 18.6 Å². The molecule has 8 nitrogen and oxygen atoms in total. The van der Waals surface area contributed by atoms with E-state index in [0.29, 0.717) is 41.5 Å². The number of furan rings is 1. The lowest BCUT2D eigenvalue weighted by atomic mass is 10.1. The Kier molecular flexibility index (Phi) is 6.36. The second-order valence-corrected chi connectivity index (χ2v) is 15.0. The number of nitrogens with zero attached hydrogens (tertiary/aromatic N) is 2. The minimum atomic E-state index is -1.29. The fourth-order valence-electron chi connectivity index (χ4n) is 4.02. The van der Waals surface area contributed by atoms with Gasteiger partial charge in [0.25, 0.3) is 11.8 Å². The van der Waals surface area contributed by atoms with E-state index >= 15 is 0 Å². The molecule has 0 unspecified atom stereocenters. The van der Waals surface area contributed by atoms with Gasteiger partial charge in [-0.25, -0.2) is 0 Å². The zero-order valence-electron chi connectivity index (χ0n) is 19.7. The van der Waals surface area contributed by atoms with Gasteiger partial charge in [0.05, 0.1) is 31.7 Å². The Morgan fingerprint density at radius 3 is 2.48 bits per heavy atom. The van der Waals surface area contributed by atoms with Crippen LogP contribution in [0.1, 0.15) is 22.5 Å². The van der Waals surface area contributed by atoms with Crippen molar-refractivity contribution in [1.29, 1.82) is 0 Å². The van der Waals surface area contributed by atoms with Crippen LogP contribution in [0.5, 0.6) is 11.5 Å². The summed E-state index contributed by atoms with van der Waals surface area (Å²) in [5.41, 5.74) is 1.61. The summed E-state index contributed by atoms with van der Waals surface area (Å²) in [7, 11) is 1.75. The highest BCUT2D eigenvalue weighted by atomic mass is 28.3. The molecule has 1 atom stereocenters. The molecule has 3 heterocycles. The third-order valence-electron chi connectivity index (χ3n) is 5.91. The predicted octanol–water partition coefficient (Wildman–Crippen LogP) is 4.21. The van der Waals surface area contributed by atoms with Gasteiger partial charge in [-0.2, -0.15) is 0 Å². The molecule has 2 aromatic rings. The molecule has 4 rings (SSSR count). The Bertz CT molecular complexity index is 1070. The average Bonchev–Trinajstić information content (AvgIpc) is 3.45. The van der Waals surface area contributed by atoms with Gasteiger partial charge in [0.2, 0.25) is 0 Å². The summed E-state index contributed by atoms with van der Waals surface area (Å²) in [6, 6.07) is 7.21. The zero-order valence-corrected chi connectivity index (χ0v) is 20.7. The van der Waals surface area contributed by atoms with Crippen molar-refractivity contribution in [3.8, 4) is 11.5 Å². The summed E-state index contributed by atoms with van der Waals surface area (Å²) in [5, 5.41) is 0. The summed E-state index contributed by atoms with van der Waals surface area (Å²) in [4.78, 5) is 30.4. The van der Waals surface area contributed by atoms with Gasteiger partial charge in [0.1, 0.15) is 18.5 Å². The number of hydrogen-bond donors (Lipinski definition) is 0. The first-order valence-electron chi connectivity index (χ1n) is 11.0. The summed E-state index contributed by atoms with van der Waals surface area (Å²) >= 11 is 0. The molecule has 0 saturated heterocycles. The number of carbonyl (C=O) groups is 2. The van der Waals surface area contributed by atoms with E-state index in [0.717, 1.165) is 11.6 Å². The van der Waals surface area contributed by atoms with Gasteiger partial charge < -0.3 is 23.5 Å². The van der Waals surface area contributed by atoms with Crippen LogP contribution in [0, 0.1) is 0 Å². The van der Waals surface area contributed by atoms with Crippen LogP contribution < -0.4 is 14.4 Å². The van der Waals surface area contributed by atoms with E-state index in [1.54, 1.807) is 35.6 Å². The maximum absolute atomic E-state index is 13.7. The van der Waals surface area contributed by atoms with Crippen LogP contribution in [0.2, 0.25) is 25.7 Å². The van der Waals surface area contributed by atoms with E-state index < -0.39 is 14.1 Å². The predicted molar refractivity (Wildman–Crippen MR) is 127 cm³/mol. The molecular formula is C24H30N2O6Si. The Morgan fingerprint density at radius 2 is 1.85 bits per heavy atom. The monoisotopic (exact) mass is 470 g/mol. The minimum absolute atomic E-state index is 0.0551. The molecule has 176 valence electrons. The zero-order chi connectivity index (χ0) is 23.8. The fraction of sp³-hybridized carbons (Fsp3) is 0.417. The highest BCUT2D eigenvalue weighted by Gasteiger charge is 2.43. The maximum atomic E-state index is 13.7. The van der Waals surface area contributed by atoms with Crippen LogP contribution >= 0.6 is 0 Å². The molecule has 0 saturated carbocycles. The molecule has 33 heavy (non-hydrogen) atoms. The molecule has 0 radical (unpaired) electrons. The van der Waals surface area contributed by atoms with Crippen LogP contribution in [-0.2, 0) is 9.53 Å². The van der Waals surface area contributed by atoms with Gasteiger partial charge >= 0.3 is 0 Å². The standard InChI is InChI=1S/C24H30N2O6Si/c1-29-21-12-17-18(13-22(21)30-2)26(15-31-9-10-33(3,4)5)24(28)19-11-16(14-25(19)23(17)27)20-7-6-8-32-20/h6-8,12-14,19H,9-11,15H2,1-5H3/t19-/m0/s1. The Labute approximate surface area is 194 Å². The van der Waals surface area contributed by atoms with Crippen LogP contribution in [0.15, 0.2) is 41.1 Å². The third kappa shape index (κ3) is 4.56. The Balaban J connectivity index is 1.72. The quantitative estimate of drug-likeness (QED) is 0.425. The van der Waals surface area contributed by atoms with Gasteiger partial charge in [-0.1, -0.05) is 19.6 Å². The lowest BCUT2D eigenvalue weighted by molar-refractivity contribution is -0.122. The van der Waals surface area contributed by atoms with Crippen molar-refractivity contribution in [3.05, 3.63) is 48.1 Å². The van der Waals surface area contributed by atoms with Gasteiger partial charge in [0.15, 0.2) is 11.5 Å². The van der Waals surface area contributed by atoms with Crippen molar-refractivity contribution in [1.82, 2.24) is 4.90 Å². The molecule has 2 amide bonds. The molecule has 0 spiro atoms. The largest absolute Gasteiger partial charge is 0.493 e. The number of ether oxygens (including phenoxy) is 3. The van der Waals surface area contributed by atoms with Gasteiger partial charge in [0, 0.05) is 38.9 Å². The third-order valence-corrected chi connectivity index (χ3v) is 7.61. The number of carbonyl (C=O) groups excluding carboxylic acids is 2. The normalized spacial score (nSPS) is 18.1. The topological polar surface area (TPSA) is 81.4 Å². The van der Waals surface area contributed by atoms with Crippen molar-refractivity contribution >= 4 is 31.1 Å². The Morgan fingerprint density at radius 1 is 1.12 bits per heavy atom. The number of anilines is 1. The number of amides is 2. The van der Waals surface area contributed by atoms with Crippen molar-refractivity contribution in [2.75, 3.05) is 32.5 Å². The van der Waals surface area contributed by atoms with Crippen LogP contribution in [-0.4, -0.2) is 58.4 Å². The van der Waals surface area contributed by atoms with E-state index in [9.17, 15) is 9.59 Å². The van der Waals surface area contributed by atoms with Crippen LogP contribution in [0.25, 0.3) is 5.57 Å². The first-order valence-corrected chi connectivity index (χ1v) is 14.7. The lowest BCUT2D eigenvalue weighted by Crippen LogP contribution is -2.45. The van der Waals surface area contributed by atoms with Crippen LogP contribution in [0.3, 0.4) is 0 Å². The van der Waals surface area contributed by atoms with Gasteiger partial charge in [-0.3, -0.25) is 14.5 Å². The number of fused-ring (bicyclic) bond motifs is 2. The molecule has 0 N–H and O–H groups in total. The fourth-order valence-corrected chi connectivity index (χ4v) is 4.77. The molecule has 9 heteroatoms. The lowest BCUT2D eigenvalue weighted by Gasteiger charge is -2.26. The molecule has 2 aliphatic heterocycles. The number of hydrogen-bond acceptors (Lipinski definition) is 6. The average molecular weight is 471 g/mol. The van der Waals surface area contributed by atoms with Crippen molar-refractivity contribution in [3.63, 3.8) is 0 Å². The number of rotatable bonds is 8. The Hall–Kier alpha value is -3.04. The second-order valence-electron chi connectivity index (χ2n) is 9.40. The van der Waals surface area contributed by atoms with E-state index in [1.165, 1.54) is 19.1 Å². The van der Waals surface area contributed by atoms with Gasteiger partial charge in [-0.05, 0) is 24.2 Å². The molecule has 2 aliphatic rings. The maximum Gasteiger partial charge on any atom is 0.260 e. The molecular weight excluding hydrogens is 440 g/mol. The summed E-state index contributed by atoms with van der Waals surface area (Å²) in [5.74, 6) is 1.02. The van der Waals surface area contributed by atoms with Crippen molar-refractivity contribution < 1.29 is 28.2 Å². The van der Waals surface area contributed by atoms with Crippen LogP contribution in [0.4, 0.5) is 5.69 Å². The second kappa shape index (κ2) is 9.07. The van der Waals surface area contributed by atoms with E-state index in [-0.39, 0.29) is 18.5 Å². The number of benzene rings is 1. The highest BCUT2D eigenvalue weighted by molar-refractivity contribution is 6.76. The smallest absolute Gasteiger partial charge is 0.260 e. The van der Waals surface area contributed by atoms with Gasteiger partial charge in [-0.15, -0.1) is 0 Å². The molecule has 0 bridgehead atoms. The first-order chi connectivity index (χ1) is 15.7. The minimum Gasteiger partial charge on any atom is -0.493 e. The molecule has 1 aromatic carbocycles. The highest BCUT2D eigenvalue weighted by Crippen LogP contribution is 2.41. The first kappa shape index (κ1) is 23.1. The molecule has 0 aliphatic carbocycles. The molecule has 1 aromatic heterocycles. The summed E-state index contributed by atoms with van der Waals surface area (Å²) < 4.78 is 22.3.